The standard InChI is InChI=1S/C18H26N2O3/c1-13-4-7-15(8-5-13)18(22)20-12-16(9-6-14(20)2)17(21)19-10-11-23-3/h4-5,7-8,14,16H,6,9-12H2,1-3H3,(H,19,21). The number of piperidine rings is 1. The highest BCUT2D eigenvalue weighted by Gasteiger charge is 2.32. The first kappa shape index (κ1) is 17.5. The van der Waals surface area contributed by atoms with Crippen LogP contribution in [0.1, 0.15) is 35.7 Å². The lowest BCUT2D eigenvalue weighted by atomic mass is 9.92. The van der Waals surface area contributed by atoms with E-state index in [4.69, 9.17) is 4.74 Å². The third-order valence-electron chi connectivity index (χ3n) is 4.42. The largest absolute Gasteiger partial charge is 0.383 e. The molecule has 0 spiro atoms. The average Bonchev–Trinajstić information content (AvgIpc) is 2.55. The van der Waals surface area contributed by atoms with Gasteiger partial charge in [0.05, 0.1) is 12.5 Å². The van der Waals surface area contributed by atoms with Crippen LogP contribution in [0.3, 0.4) is 0 Å². The van der Waals surface area contributed by atoms with Gasteiger partial charge in [0, 0.05) is 31.8 Å². The number of likely N-dealkylation sites (tertiary alicyclic amines) is 1. The van der Waals surface area contributed by atoms with Crippen LogP contribution < -0.4 is 5.32 Å². The summed E-state index contributed by atoms with van der Waals surface area (Å²) in [7, 11) is 1.61. The summed E-state index contributed by atoms with van der Waals surface area (Å²) in [4.78, 5) is 26.8. The van der Waals surface area contributed by atoms with Crippen LogP contribution in [0.2, 0.25) is 0 Å². The Morgan fingerprint density at radius 1 is 1.26 bits per heavy atom. The van der Waals surface area contributed by atoms with Crippen molar-refractivity contribution < 1.29 is 14.3 Å². The van der Waals surface area contributed by atoms with E-state index in [1.165, 1.54) is 0 Å². The molecule has 0 bridgehead atoms. The molecule has 1 heterocycles. The molecule has 2 atom stereocenters. The number of benzene rings is 1. The fourth-order valence-electron chi connectivity index (χ4n) is 2.89. The van der Waals surface area contributed by atoms with Gasteiger partial charge in [-0.15, -0.1) is 0 Å². The van der Waals surface area contributed by atoms with E-state index in [9.17, 15) is 9.59 Å². The zero-order valence-corrected chi connectivity index (χ0v) is 14.2. The van der Waals surface area contributed by atoms with Crippen LogP contribution in [0, 0.1) is 12.8 Å². The molecular formula is C18H26N2O3. The number of amides is 2. The van der Waals surface area contributed by atoms with E-state index in [-0.39, 0.29) is 23.8 Å². The minimum absolute atomic E-state index is 0.00638. The lowest BCUT2D eigenvalue weighted by Gasteiger charge is -2.37. The van der Waals surface area contributed by atoms with E-state index < -0.39 is 0 Å². The Balaban J connectivity index is 2.01. The molecule has 5 heteroatoms. The maximum absolute atomic E-state index is 12.7. The second-order valence-electron chi connectivity index (χ2n) is 6.23. The second-order valence-corrected chi connectivity index (χ2v) is 6.23. The number of rotatable bonds is 5. The molecule has 2 amide bonds. The van der Waals surface area contributed by atoms with Gasteiger partial charge in [-0.2, -0.15) is 0 Å². The quantitative estimate of drug-likeness (QED) is 0.845. The molecule has 1 aromatic rings. The lowest BCUT2D eigenvalue weighted by molar-refractivity contribution is -0.126. The Kier molecular flexibility index (Phi) is 6.16. The number of aryl methyl sites for hydroxylation is 1. The zero-order valence-electron chi connectivity index (χ0n) is 14.2. The molecule has 0 saturated carbocycles. The van der Waals surface area contributed by atoms with E-state index in [1.807, 2.05) is 43.0 Å². The Morgan fingerprint density at radius 2 is 1.96 bits per heavy atom. The fraction of sp³-hybridized carbons (Fsp3) is 0.556. The molecule has 1 aliphatic rings. The van der Waals surface area contributed by atoms with Gasteiger partial charge in [0.2, 0.25) is 5.91 Å². The third kappa shape index (κ3) is 4.55. The smallest absolute Gasteiger partial charge is 0.254 e. The number of carbonyl (C=O) groups is 2. The van der Waals surface area contributed by atoms with Crippen molar-refractivity contribution in [2.24, 2.45) is 5.92 Å². The van der Waals surface area contributed by atoms with Gasteiger partial charge in [0.15, 0.2) is 0 Å². The van der Waals surface area contributed by atoms with Crippen LogP contribution in [-0.2, 0) is 9.53 Å². The van der Waals surface area contributed by atoms with Gasteiger partial charge in [-0.25, -0.2) is 0 Å². The molecule has 5 nitrogen and oxygen atoms in total. The van der Waals surface area contributed by atoms with Crippen molar-refractivity contribution in [3.63, 3.8) is 0 Å². The van der Waals surface area contributed by atoms with Crippen LogP contribution >= 0.6 is 0 Å². The SMILES string of the molecule is COCCNC(=O)C1CCC(C)N(C(=O)c2ccc(C)cc2)C1. The van der Waals surface area contributed by atoms with Crippen LogP contribution in [0.15, 0.2) is 24.3 Å². The van der Waals surface area contributed by atoms with Crippen LogP contribution in [0.5, 0.6) is 0 Å². The van der Waals surface area contributed by atoms with E-state index in [2.05, 4.69) is 5.32 Å². The number of hydrogen-bond acceptors (Lipinski definition) is 3. The zero-order chi connectivity index (χ0) is 16.8. The average molecular weight is 318 g/mol. The molecule has 126 valence electrons. The van der Waals surface area contributed by atoms with Crippen molar-refractivity contribution in [2.75, 3.05) is 26.8 Å². The molecular weight excluding hydrogens is 292 g/mol. The van der Waals surface area contributed by atoms with Crippen molar-refractivity contribution in [2.45, 2.75) is 32.7 Å². The van der Waals surface area contributed by atoms with Gasteiger partial charge in [0.25, 0.3) is 5.91 Å². The van der Waals surface area contributed by atoms with Crippen LogP contribution in [0.4, 0.5) is 0 Å². The summed E-state index contributed by atoms with van der Waals surface area (Å²) < 4.78 is 4.94. The molecule has 0 aliphatic carbocycles. The summed E-state index contributed by atoms with van der Waals surface area (Å²) in [5.41, 5.74) is 1.81. The summed E-state index contributed by atoms with van der Waals surface area (Å²) >= 11 is 0. The van der Waals surface area contributed by atoms with Crippen molar-refractivity contribution >= 4 is 11.8 Å². The van der Waals surface area contributed by atoms with Crippen LogP contribution in [-0.4, -0.2) is 49.6 Å². The number of hydrogen-bond donors (Lipinski definition) is 1. The van der Waals surface area contributed by atoms with Crippen molar-refractivity contribution in [1.82, 2.24) is 10.2 Å². The van der Waals surface area contributed by atoms with Gasteiger partial charge in [0.1, 0.15) is 0 Å². The fourth-order valence-corrected chi connectivity index (χ4v) is 2.89. The van der Waals surface area contributed by atoms with Gasteiger partial charge in [-0.1, -0.05) is 17.7 Å². The molecule has 0 radical (unpaired) electrons. The predicted octanol–water partition coefficient (Wildman–Crippen LogP) is 2.00. The van der Waals surface area contributed by atoms with Crippen LogP contribution in [0.25, 0.3) is 0 Å². The Hall–Kier alpha value is -1.88. The topological polar surface area (TPSA) is 58.6 Å². The molecule has 2 rings (SSSR count). The maximum atomic E-state index is 12.7. The Labute approximate surface area is 138 Å². The van der Waals surface area contributed by atoms with Gasteiger partial charge >= 0.3 is 0 Å². The lowest BCUT2D eigenvalue weighted by Crippen LogP contribution is -2.49. The first-order chi connectivity index (χ1) is 11.0. The maximum Gasteiger partial charge on any atom is 0.254 e. The first-order valence-electron chi connectivity index (χ1n) is 8.17. The normalized spacial score (nSPS) is 21.1. The minimum Gasteiger partial charge on any atom is -0.383 e. The van der Waals surface area contributed by atoms with E-state index in [0.717, 1.165) is 18.4 Å². The summed E-state index contributed by atoms with van der Waals surface area (Å²) in [6.07, 6.45) is 1.66. The number of nitrogens with one attached hydrogen (secondary N) is 1. The minimum atomic E-state index is -0.141. The third-order valence-corrected chi connectivity index (χ3v) is 4.42. The highest BCUT2D eigenvalue weighted by atomic mass is 16.5. The van der Waals surface area contributed by atoms with Crippen molar-refractivity contribution in [1.29, 1.82) is 0 Å². The number of ether oxygens (including phenoxy) is 1. The van der Waals surface area contributed by atoms with E-state index in [1.54, 1.807) is 7.11 Å². The van der Waals surface area contributed by atoms with Crippen molar-refractivity contribution in [3.05, 3.63) is 35.4 Å². The summed E-state index contributed by atoms with van der Waals surface area (Å²) in [6, 6.07) is 7.75. The summed E-state index contributed by atoms with van der Waals surface area (Å²) in [6.45, 7) is 5.53. The van der Waals surface area contributed by atoms with Gasteiger partial charge in [-0.3, -0.25) is 9.59 Å². The van der Waals surface area contributed by atoms with E-state index >= 15 is 0 Å². The number of nitrogens with zero attached hydrogens (tertiary/aromatic N) is 1. The highest BCUT2D eigenvalue weighted by molar-refractivity contribution is 5.95. The molecule has 2 unspecified atom stereocenters. The molecule has 1 aliphatic heterocycles. The van der Waals surface area contributed by atoms with Gasteiger partial charge < -0.3 is 15.0 Å². The van der Waals surface area contributed by atoms with Crippen molar-refractivity contribution in [3.8, 4) is 0 Å². The number of methoxy groups -OCH3 is 1. The number of carbonyl (C=O) groups excluding carboxylic acids is 2. The summed E-state index contributed by atoms with van der Waals surface area (Å²) in [5, 5.41) is 2.87. The first-order valence-corrected chi connectivity index (χ1v) is 8.17. The summed E-state index contributed by atoms with van der Waals surface area (Å²) in [5.74, 6) is -0.125. The Morgan fingerprint density at radius 3 is 2.61 bits per heavy atom. The molecule has 1 fully saturated rings. The Bertz CT molecular complexity index is 542. The monoisotopic (exact) mass is 318 g/mol. The highest BCUT2D eigenvalue weighted by Crippen LogP contribution is 2.24. The van der Waals surface area contributed by atoms with Gasteiger partial charge in [-0.05, 0) is 38.8 Å². The molecule has 1 saturated heterocycles. The molecule has 1 aromatic carbocycles. The predicted molar refractivity (Wildman–Crippen MR) is 89.3 cm³/mol. The molecule has 1 N–H and O–H groups in total. The molecule has 23 heavy (non-hydrogen) atoms. The second kappa shape index (κ2) is 8.11. The molecule has 0 aromatic heterocycles. The van der Waals surface area contributed by atoms with E-state index in [0.29, 0.717) is 25.3 Å².